The van der Waals surface area contributed by atoms with Gasteiger partial charge in [0.15, 0.2) is 0 Å². The van der Waals surface area contributed by atoms with Gasteiger partial charge in [0, 0.05) is 29.8 Å². The zero-order valence-electron chi connectivity index (χ0n) is 15.0. The lowest BCUT2D eigenvalue weighted by atomic mass is 10.1. The molecule has 0 aliphatic heterocycles. The Morgan fingerprint density at radius 3 is 2.74 bits per heavy atom. The number of likely N-dealkylation sites (N-methyl/N-ethyl adjacent to an activating group) is 1. The van der Waals surface area contributed by atoms with Crippen molar-refractivity contribution in [2.24, 2.45) is 0 Å². The van der Waals surface area contributed by atoms with Gasteiger partial charge >= 0.3 is 0 Å². The maximum atomic E-state index is 14.3. The van der Waals surface area contributed by atoms with Crippen LogP contribution in [0.25, 0.3) is 10.1 Å². The zero-order chi connectivity index (χ0) is 19.4. The Kier molecular flexibility index (Phi) is 6.31. The Morgan fingerprint density at radius 2 is 2.00 bits per heavy atom. The molecular formula is C20H19ClFNO3S. The molecule has 142 valence electrons. The molecule has 1 aromatic heterocycles. The fourth-order valence-electron chi connectivity index (χ4n) is 2.75. The molecule has 0 saturated carbocycles. The summed E-state index contributed by atoms with van der Waals surface area (Å²) in [4.78, 5) is 14.9. The second-order valence-corrected chi connectivity index (χ2v) is 7.42. The minimum atomic E-state index is -0.348. The van der Waals surface area contributed by atoms with Crippen LogP contribution in [0, 0.1) is 5.82 Å². The van der Waals surface area contributed by atoms with Gasteiger partial charge in [-0.15, -0.1) is 11.3 Å². The number of thiophene rings is 1. The molecule has 0 bridgehead atoms. The molecule has 0 radical (unpaired) electrons. The largest absolute Gasteiger partial charge is 0.490 e. The molecule has 27 heavy (non-hydrogen) atoms. The minimum absolute atomic E-state index is 0.173. The number of fused-ring (bicyclic) bond motifs is 1. The van der Waals surface area contributed by atoms with Crippen LogP contribution in [0.2, 0.25) is 5.02 Å². The number of carbonyl (C=O) groups excluding carboxylic acids is 1. The number of rotatable bonds is 7. The number of para-hydroxylation sites is 1. The molecule has 0 aliphatic rings. The van der Waals surface area contributed by atoms with Crippen LogP contribution in [0.15, 0.2) is 42.5 Å². The first-order chi connectivity index (χ1) is 13.0. The van der Waals surface area contributed by atoms with Crippen molar-refractivity contribution >= 4 is 38.9 Å². The number of carbonyl (C=O) groups is 1. The monoisotopic (exact) mass is 407 g/mol. The predicted molar refractivity (Wildman–Crippen MR) is 106 cm³/mol. The standard InChI is InChI=1S/C20H19ClFNO3S/c1-23(10-11-26-16-8-4-3-6-14(16)21)20(24)19-13(12-25-2)18-15(22)7-5-9-17(18)27-19/h3-9H,10-12H2,1-2H3. The summed E-state index contributed by atoms with van der Waals surface area (Å²) in [7, 11) is 3.22. The van der Waals surface area contributed by atoms with E-state index in [-0.39, 0.29) is 18.3 Å². The Bertz CT molecular complexity index is 960. The molecule has 0 atom stereocenters. The van der Waals surface area contributed by atoms with Gasteiger partial charge in [0.1, 0.15) is 18.2 Å². The third-order valence-corrected chi connectivity index (χ3v) is 5.61. The van der Waals surface area contributed by atoms with Crippen molar-refractivity contribution in [3.63, 3.8) is 0 Å². The van der Waals surface area contributed by atoms with E-state index in [0.717, 1.165) is 4.70 Å². The molecule has 0 fully saturated rings. The van der Waals surface area contributed by atoms with Gasteiger partial charge in [-0.3, -0.25) is 4.79 Å². The van der Waals surface area contributed by atoms with E-state index in [1.54, 1.807) is 36.2 Å². The van der Waals surface area contributed by atoms with Gasteiger partial charge in [0.2, 0.25) is 0 Å². The number of ether oxygens (including phenoxy) is 2. The van der Waals surface area contributed by atoms with E-state index in [9.17, 15) is 9.18 Å². The second-order valence-electron chi connectivity index (χ2n) is 5.96. The molecule has 0 N–H and O–H groups in total. The highest BCUT2D eigenvalue weighted by Crippen LogP contribution is 2.34. The number of methoxy groups -OCH3 is 1. The Balaban J connectivity index is 1.75. The molecule has 2 aromatic carbocycles. The predicted octanol–water partition coefficient (Wildman–Crippen LogP) is 4.99. The first kappa shape index (κ1) is 19.6. The maximum absolute atomic E-state index is 14.3. The first-order valence-electron chi connectivity index (χ1n) is 8.34. The van der Waals surface area contributed by atoms with Crippen LogP contribution in [-0.2, 0) is 11.3 Å². The molecule has 1 amide bonds. The van der Waals surface area contributed by atoms with Gasteiger partial charge in [0.05, 0.1) is 23.1 Å². The van der Waals surface area contributed by atoms with Crippen molar-refractivity contribution in [1.29, 1.82) is 0 Å². The lowest BCUT2D eigenvalue weighted by Gasteiger charge is -2.18. The molecule has 1 heterocycles. The van der Waals surface area contributed by atoms with Crippen molar-refractivity contribution in [2.45, 2.75) is 6.61 Å². The zero-order valence-corrected chi connectivity index (χ0v) is 16.6. The number of amides is 1. The highest BCUT2D eigenvalue weighted by molar-refractivity contribution is 7.21. The van der Waals surface area contributed by atoms with Crippen molar-refractivity contribution < 1.29 is 18.7 Å². The van der Waals surface area contributed by atoms with Crippen molar-refractivity contribution in [1.82, 2.24) is 4.90 Å². The van der Waals surface area contributed by atoms with E-state index in [2.05, 4.69) is 0 Å². The van der Waals surface area contributed by atoms with E-state index in [0.29, 0.717) is 39.8 Å². The topological polar surface area (TPSA) is 38.8 Å². The van der Waals surface area contributed by atoms with E-state index >= 15 is 0 Å². The quantitative estimate of drug-likeness (QED) is 0.553. The van der Waals surface area contributed by atoms with Crippen LogP contribution in [0.5, 0.6) is 5.75 Å². The summed E-state index contributed by atoms with van der Waals surface area (Å²) in [6.45, 7) is 0.837. The van der Waals surface area contributed by atoms with Crippen molar-refractivity contribution in [3.8, 4) is 5.75 Å². The van der Waals surface area contributed by atoms with Crippen LogP contribution in [0.4, 0.5) is 4.39 Å². The summed E-state index contributed by atoms with van der Waals surface area (Å²) in [5.41, 5.74) is 0.583. The van der Waals surface area contributed by atoms with E-state index in [4.69, 9.17) is 21.1 Å². The molecule has 0 aliphatic carbocycles. The van der Waals surface area contributed by atoms with Crippen LogP contribution in [0.1, 0.15) is 15.2 Å². The van der Waals surface area contributed by atoms with Crippen molar-refractivity contribution in [3.05, 3.63) is 63.7 Å². The van der Waals surface area contributed by atoms with Crippen LogP contribution in [0.3, 0.4) is 0 Å². The molecule has 0 spiro atoms. The normalized spacial score (nSPS) is 11.0. The van der Waals surface area contributed by atoms with E-state index < -0.39 is 0 Å². The number of nitrogens with zero attached hydrogens (tertiary/aromatic N) is 1. The molecule has 0 unspecified atom stereocenters. The van der Waals surface area contributed by atoms with E-state index in [1.165, 1.54) is 24.5 Å². The molecular weight excluding hydrogens is 389 g/mol. The average molecular weight is 408 g/mol. The summed E-state index contributed by atoms with van der Waals surface area (Å²) in [5, 5.41) is 0.974. The fraction of sp³-hybridized carbons (Fsp3) is 0.250. The molecule has 3 rings (SSSR count). The Labute approximate surface area is 166 Å². The van der Waals surface area contributed by atoms with Gasteiger partial charge in [-0.2, -0.15) is 0 Å². The van der Waals surface area contributed by atoms with Crippen LogP contribution >= 0.6 is 22.9 Å². The van der Waals surface area contributed by atoms with Crippen LogP contribution < -0.4 is 4.74 Å². The molecule has 0 saturated heterocycles. The lowest BCUT2D eigenvalue weighted by Crippen LogP contribution is -2.31. The highest BCUT2D eigenvalue weighted by atomic mass is 35.5. The third-order valence-electron chi connectivity index (χ3n) is 4.11. The summed E-state index contributed by atoms with van der Waals surface area (Å²) in [5.74, 6) is 0.0361. The van der Waals surface area contributed by atoms with Crippen molar-refractivity contribution in [2.75, 3.05) is 27.3 Å². The number of hydrogen-bond donors (Lipinski definition) is 0. The highest BCUT2D eigenvalue weighted by Gasteiger charge is 2.23. The van der Waals surface area contributed by atoms with Gasteiger partial charge in [-0.05, 0) is 24.3 Å². The summed E-state index contributed by atoms with van der Waals surface area (Å²) in [6.07, 6.45) is 0. The number of halogens is 2. The van der Waals surface area contributed by atoms with Crippen LogP contribution in [-0.4, -0.2) is 38.1 Å². The lowest BCUT2D eigenvalue weighted by molar-refractivity contribution is 0.0774. The van der Waals surface area contributed by atoms with Gasteiger partial charge in [0.25, 0.3) is 5.91 Å². The fourth-order valence-corrected chi connectivity index (χ4v) is 4.16. The van der Waals surface area contributed by atoms with Gasteiger partial charge in [-0.1, -0.05) is 29.8 Å². The van der Waals surface area contributed by atoms with Gasteiger partial charge in [-0.25, -0.2) is 4.39 Å². The molecule has 7 heteroatoms. The Morgan fingerprint density at radius 1 is 1.22 bits per heavy atom. The molecule has 4 nitrogen and oxygen atoms in total. The summed E-state index contributed by atoms with van der Waals surface area (Å²) in [6, 6.07) is 12.0. The third kappa shape index (κ3) is 4.24. The first-order valence-corrected chi connectivity index (χ1v) is 9.54. The SMILES string of the molecule is COCc1c(C(=O)N(C)CCOc2ccccc2Cl)sc2cccc(F)c12. The van der Waals surface area contributed by atoms with E-state index in [1.807, 2.05) is 12.1 Å². The number of hydrogen-bond acceptors (Lipinski definition) is 4. The summed E-state index contributed by atoms with van der Waals surface area (Å²) >= 11 is 7.33. The summed E-state index contributed by atoms with van der Waals surface area (Å²) < 4.78 is 25.8. The average Bonchev–Trinajstić information content (AvgIpc) is 3.03. The minimum Gasteiger partial charge on any atom is -0.490 e. The smallest absolute Gasteiger partial charge is 0.264 e. The maximum Gasteiger partial charge on any atom is 0.264 e. The Hall–Kier alpha value is -2.15. The number of benzene rings is 2. The second kappa shape index (κ2) is 8.69. The molecule has 3 aromatic rings. The van der Waals surface area contributed by atoms with Gasteiger partial charge < -0.3 is 14.4 Å².